The van der Waals surface area contributed by atoms with Crippen molar-refractivity contribution in [2.24, 2.45) is 5.73 Å². The van der Waals surface area contributed by atoms with Gasteiger partial charge >= 0.3 is 6.18 Å². The maximum absolute atomic E-state index is 12.2. The summed E-state index contributed by atoms with van der Waals surface area (Å²) in [5, 5.41) is 0. The quantitative estimate of drug-likeness (QED) is 0.840. The Labute approximate surface area is 120 Å². The SMILES string of the molecule is CN(CCC(F)(F)F)S(=O)(=O)c1ccccc1C(N)=S. The summed E-state index contributed by atoms with van der Waals surface area (Å²) in [7, 11) is -2.99. The summed E-state index contributed by atoms with van der Waals surface area (Å²) in [4.78, 5) is -0.328. The average Bonchev–Trinajstić information content (AvgIpc) is 2.34. The number of rotatable bonds is 5. The van der Waals surface area contributed by atoms with Gasteiger partial charge in [0.05, 0.1) is 11.3 Å². The topological polar surface area (TPSA) is 63.4 Å². The van der Waals surface area contributed by atoms with Gasteiger partial charge in [0.15, 0.2) is 0 Å². The van der Waals surface area contributed by atoms with E-state index in [1.807, 2.05) is 0 Å². The van der Waals surface area contributed by atoms with E-state index < -0.39 is 29.2 Å². The van der Waals surface area contributed by atoms with E-state index in [9.17, 15) is 21.6 Å². The number of hydrogen-bond donors (Lipinski definition) is 1. The molecule has 0 heterocycles. The Morgan fingerprint density at radius 3 is 2.40 bits per heavy atom. The minimum absolute atomic E-state index is 0.112. The van der Waals surface area contributed by atoms with Crippen LogP contribution in [0.1, 0.15) is 12.0 Å². The number of thiocarbonyl (C=S) groups is 1. The molecule has 1 aromatic carbocycles. The van der Waals surface area contributed by atoms with E-state index in [0.717, 1.165) is 7.05 Å². The predicted molar refractivity (Wildman–Crippen MR) is 72.8 cm³/mol. The van der Waals surface area contributed by atoms with E-state index in [-0.39, 0.29) is 15.4 Å². The van der Waals surface area contributed by atoms with Crippen molar-refractivity contribution < 1.29 is 21.6 Å². The number of benzene rings is 1. The molecule has 1 aromatic rings. The molecule has 0 atom stereocenters. The third kappa shape index (κ3) is 4.15. The Bertz CT molecular complexity index is 600. The van der Waals surface area contributed by atoms with Crippen molar-refractivity contribution in [3.63, 3.8) is 0 Å². The summed E-state index contributed by atoms with van der Waals surface area (Å²) in [5.41, 5.74) is 5.54. The molecule has 0 aliphatic carbocycles. The lowest BCUT2D eigenvalue weighted by Crippen LogP contribution is -2.32. The van der Waals surface area contributed by atoms with Crippen molar-refractivity contribution in [1.29, 1.82) is 0 Å². The molecule has 2 N–H and O–H groups in total. The zero-order chi connectivity index (χ0) is 15.6. The molecular formula is C11H13F3N2O2S2. The van der Waals surface area contributed by atoms with Gasteiger partial charge in [0.1, 0.15) is 4.99 Å². The van der Waals surface area contributed by atoms with Gasteiger partial charge in [-0.2, -0.15) is 13.2 Å². The smallest absolute Gasteiger partial charge is 0.389 e. The molecule has 9 heteroatoms. The molecule has 0 aliphatic heterocycles. The summed E-state index contributed by atoms with van der Waals surface area (Å²) in [6.45, 7) is -0.669. The monoisotopic (exact) mass is 326 g/mol. The molecule has 0 aliphatic rings. The average molecular weight is 326 g/mol. The van der Waals surface area contributed by atoms with Crippen LogP contribution in [0.2, 0.25) is 0 Å². The van der Waals surface area contributed by atoms with Gasteiger partial charge in [0.25, 0.3) is 0 Å². The molecule has 0 amide bonds. The summed E-state index contributed by atoms with van der Waals surface area (Å²) < 4.78 is 61.5. The van der Waals surface area contributed by atoms with E-state index in [2.05, 4.69) is 0 Å². The van der Waals surface area contributed by atoms with Crippen LogP contribution in [0.15, 0.2) is 29.2 Å². The lowest BCUT2D eigenvalue weighted by molar-refractivity contribution is -0.135. The zero-order valence-electron chi connectivity index (χ0n) is 10.5. The molecule has 0 radical (unpaired) electrons. The Morgan fingerprint density at radius 2 is 1.90 bits per heavy atom. The Hall–Kier alpha value is -1.19. The van der Waals surface area contributed by atoms with Crippen LogP contribution < -0.4 is 5.73 Å². The summed E-state index contributed by atoms with van der Waals surface area (Å²) in [6, 6.07) is 5.66. The summed E-state index contributed by atoms with van der Waals surface area (Å²) >= 11 is 4.74. The molecule has 1 rings (SSSR count). The lowest BCUT2D eigenvalue weighted by atomic mass is 10.2. The van der Waals surface area contributed by atoms with Crippen molar-refractivity contribution in [2.45, 2.75) is 17.5 Å². The molecule has 0 saturated heterocycles. The first-order valence-corrected chi connectivity index (χ1v) is 7.32. The van der Waals surface area contributed by atoms with E-state index in [0.29, 0.717) is 4.31 Å². The fourth-order valence-electron chi connectivity index (χ4n) is 1.47. The van der Waals surface area contributed by atoms with E-state index in [4.69, 9.17) is 18.0 Å². The van der Waals surface area contributed by atoms with Crippen LogP contribution in [0, 0.1) is 0 Å². The Morgan fingerprint density at radius 1 is 1.35 bits per heavy atom. The predicted octanol–water partition coefficient (Wildman–Crippen LogP) is 1.89. The highest BCUT2D eigenvalue weighted by Gasteiger charge is 2.31. The molecule has 20 heavy (non-hydrogen) atoms. The number of nitrogens with two attached hydrogens (primary N) is 1. The van der Waals surface area contributed by atoms with Crippen molar-refractivity contribution in [3.8, 4) is 0 Å². The number of alkyl halides is 3. The fourth-order valence-corrected chi connectivity index (χ4v) is 3.08. The van der Waals surface area contributed by atoms with Gasteiger partial charge in [0.2, 0.25) is 10.0 Å². The van der Waals surface area contributed by atoms with Gasteiger partial charge in [-0.1, -0.05) is 30.4 Å². The van der Waals surface area contributed by atoms with Crippen LogP contribution in [0.25, 0.3) is 0 Å². The third-order valence-corrected chi connectivity index (χ3v) is 4.69. The van der Waals surface area contributed by atoms with Gasteiger partial charge in [-0.05, 0) is 6.07 Å². The maximum atomic E-state index is 12.2. The minimum Gasteiger partial charge on any atom is -0.389 e. The molecule has 0 aromatic heterocycles. The molecular weight excluding hydrogens is 313 g/mol. The number of sulfonamides is 1. The molecule has 0 saturated carbocycles. The largest absolute Gasteiger partial charge is 0.390 e. The maximum Gasteiger partial charge on any atom is 0.390 e. The number of hydrogen-bond acceptors (Lipinski definition) is 3. The first-order chi connectivity index (χ1) is 9.05. The second kappa shape index (κ2) is 6.06. The second-order valence-corrected chi connectivity index (χ2v) is 6.51. The van der Waals surface area contributed by atoms with E-state index in [1.165, 1.54) is 18.2 Å². The van der Waals surface area contributed by atoms with E-state index in [1.54, 1.807) is 6.07 Å². The normalized spacial score (nSPS) is 12.7. The highest BCUT2D eigenvalue weighted by molar-refractivity contribution is 7.89. The second-order valence-electron chi connectivity index (χ2n) is 4.05. The van der Waals surface area contributed by atoms with Crippen molar-refractivity contribution in [2.75, 3.05) is 13.6 Å². The zero-order valence-corrected chi connectivity index (χ0v) is 12.1. The summed E-state index contributed by atoms with van der Waals surface area (Å²) in [5.74, 6) is 0. The van der Waals surface area contributed by atoms with Gasteiger partial charge in [-0.3, -0.25) is 0 Å². The van der Waals surface area contributed by atoms with E-state index >= 15 is 0 Å². The number of halogens is 3. The van der Waals surface area contributed by atoms with Crippen LogP contribution in [-0.2, 0) is 10.0 Å². The van der Waals surface area contributed by atoms with Crippen LogP contribution in [0.3, 0.4) is 0 Å². The molecule has 0 bridgehead atoms. The molecule has 0 fully saturated rings. The van der Waals surface area contributed by atoms with Crippen LogP contribution in [-0.4, -0.2) is 37.5 Å². The van der Waals surface area contributed by atoms with Gasteiger partial charge in [-0.15, -0.1) is 0 Å². The highest BCUT2D eigenvalue weighted by Crippen LogP contribution is 2.23. The Balaban J connectivity index is 3.08. The summed E-state index contributed by atoms with van der Waals surface area (Å²) in [6.07, 6.45) is -5.65. The van der Waals surface area contributed by atoms with Crippen LogP contribution in [0.4, 0.5) is 13.2 Å². The van der Waals surface area contributed by atoms with Crippen LogP contribution in [0.5, 0.6) is 0 Å². The van der Waals surface area contributed by atoms with Gasteiger partial charge in [0, 0.05) is 19.2 Å². The first-order valence-electron chi connectivity index (χ1n) is 5.47. The lowest BCUT2D eigenvalue weighted by Gasteiger charge is -2.19. The highest BCUT2D eigenvalue weighted by atomic mass is 32.2. The van der Waals surface area contributed by atoms with Gasteiger partial charge in [-0.25, -0.2) is 12.7 Å². The Kier molecular flexibility index (Phi) is 5.11. The molecule has 0 spiro atoms. The van der Waals surface area contributed by atoms with Gasteiger partial charge < -0.3 is 5.73 Å². The standard InChI is InChI=1S/C11H13F3N2O2S2/c1-16(7-6-11(12,13)14)20(17,18)9-5-3-2-4-8(9)10(15)19/h2-5H,6-7H2,1H3,(H2,15,19). The number of nitrogens with zero attached hydrogens (tertiary/aromatic N) is 1. The molecule has 4 nitrogen and oxygen atoms in total. The molecule has 112 valence electrons. The van der Waals surface area contributed by atoms with Crippen LogP contribution >= 0.6 is 12.2 Å². The minimum atomic E-state index is -4.42. The first kappa shape index (κ1) is 16.9. The fraction of sp³-hybridized carbons (Fsp3) is 0.364. The third-order valence-electron chi connectivity index (χ3n) is 2.55. The van der Waals surface area contributed by atoms with Crippen molar-refractivity contribution >= 4 is 27.2 Å². The van der Waals surface area contributed by atoms with Crippen molar-refractivity contribution in [1.82, 2.24) is 4.31 Å². The van der Waals surface area contributed by atoms with Crippen molar-refractivity contribution in [3.05, 3.63) is 29.8 Å². The molecule has 0 unspecified atom stereocenters.